The molecule has 0 aliphatic carbocycles. The van der Waals surface area contributed by atoms with E-state index in [9.17, 15) is 4.79 Å². The van der Waals surface area contributed by atoms with Crippen molar-refractivity contribution in [1.82, 2.24) is 20.3 Å². The Kier molecular flexibility index (Phi) is 7.19. The van der Waals surface area contributed by atoms with Gasteiger partial charge in [0.1, 0.15) is 11.6 Å². The summed E-state index contributed by atoms with van der Waals surface area (Å²) in [5.74, 6) is 1.85. The van der Waals surface area contributed by atoms with Gasteiger partial charge in [-0.05, 0) is 36.2 Å². The first-order chi connectivity index (χ1) is 15.5. The number of ketones is 1. The molecule has 166 valence electrons. The molecule has 0 radical (unpaired) electrons. The Morgan fingerprint density at radius 2 is 1.84 bits per heavy atom. The van der Waals surface area contributed by atoms with Crippen molar-refractivity contribution in [2.24, 2.45) is 0 Å². The van der Waals surface area contributed by atoms with E-state index in [-0.39, 0.29) is 12.2 Å². The van der Waals surface area contributed by atoms with Crippen LogP contribution in [0.1, 0.15) is 28.5 Å². The van der Waals surface area contributed by atoms with Gasteiger partial charge < -0.3 is 15.5 Å². The van der Waals surface area contributed by atoms with E-state index in [4.69, 9.17) is 28.2 Å². The second kappa shape index (κ2) is 10.3. The van der Waals surface area contributed by atoms with Gasteiger partial charge in [0.15, 0.2) is 5.78 Å². The minimum atomic E-state index is -0.144. The summed E-state index contributed by atoms with van der Waals surface area (Å²) in [6.45, 7) is 5.63. The smallest absolute Gasteiger partial charge is 0.227 e. The minimum absolute atomic E-state index is 0.144. The van der Waals surface area contributed by atoms with Crippen molar-refractivity contribution in [2.75, 3.05) is 36.4 Å². The van der Waals surface area contributed by atoms with Crippen molar-refractivity contribution in [1.29, 1.82) is 0 Å². The maximum atomic E-state index is 12.8. The Morgan fingerprint density at radius 3 is 2.56 bits per heavy atom. The lowest BCUT2D eigenvalue weighted by Gasteiger charge is -2.28. The van der Waals surface area contributed by atoms with E-state index < -0.39 is 0 Å². The molecule has 2 N–H and O–H groups in total. The molecule has 9 heteroatoms. The number of hydrogen-bond acceptors (Lipinski definition) is 7. The van der Waals surface area contributed by atoms with Gasteiger partial charge >= 0.3 is 0 Å². The highest BCUT2D eigenvalue weighted by molar-refractivity contribution is 6.39. The van der Waals surface area contributed by atoms with Crippen LogP contribution in [0.25, 0.3) is 0 Å². The van der Waals surface area contributed by atoms with Crippen LogP contribution in [0, 0.1) is 0 Å². The Morgan fingerprint density at radius 1 is 1.09 bits per heavy atom. The van der Waals surface area contributed by atoms with Gasteiger partial charge in [-0.3, -0.25) is 4.79 Å². The maximum Gasteiger partial charge on any atom is 0.227 e. The third kappa shape index (κ3) is 5.35. The second-order valence-electron chi connectivity index (χ2n) is 7.51. The highest BCUT2D eigenvalue weighted by Gasteiger charge is 2.17. The van der Waals surface area contributed by atoms with E-state index in [1.54, 1.807) is 30.5 Å². The number of benzene rings is 1. The molecule has 0 atom stereocenters. The fourth-order valence-corrected chi connectivity index (χ4v) is 4.16. The number of carbonyl (C=O) groups is 1. The summed E-state index contributed by atoms with van der Waals surface area (Å²) < 4.78 is 0. The van der Waals surface area contributed by atoms with Gasteiger partial charge in [-0.1, -0.05) is 36.2 Å². The standard InChI is InChI=1S/C23H24Cl2N6O/c1-2-16-14-21(30-23(28-16)31-10-8-26-9-11-31)29-20-13-15(6-7-27-20)12-19(32)22-17(24)4-3-5-18(22)25/h3-7,13-14,26H,2,8-12H2,1H3,(H,27,28,29,30). The van der Waals surface area contributed by atoms with Crippen molar-refractivity contribution < 1.29 is 4.79 Å². The number of aromatic nitrogens is 3. The summed E-state index contributed by atoms with van der Waals surface area (Å²) in [4.78, 5) is 28.7. The summed E-state index contributed by atoms with van der Waals surface area (Å²) in [5.41, 5.74) is 2.09. The predicted molar refractivity (Wildman–Crippen MR) is 129 cm³/mol. The molecule has 0 spiro atoms. The van der Waals surface area contributed by atoms with Crippen LogP contribution < -0.4 is 15.5 Å². The summed E-state index contributed by atoms with van der Waals surface area (Å²) in [6.07, 6.45) is 2.63. The Balaban J connectivity index is 1.53. The lowest BCUT2D eigenvalue weighted by atomic mass is 10.0. The van der Waals surface area contributed by atoms with Crippen LogP contribution in [0.15, 0.2) is 42.6 Å². The Hall–Kier alpha value is -2.74. The molecule has 1 aliphatic rings. The fourth-order valence-electron chi connectivity index (χ4n) is 3.56. The maximum absolute atomic E-state index is 12.8. The molecule has 2 aromatic heterocycles. The molecule has 32 heavy (non-hydrogen) atoms. The molecule has 3 aromatic rings. The van der Waals surface area contributed by atoms with E-state index in [2.05, 4.69) is 32.4 Å². The number of Topliss-reactive ketones (excluding diaryl/α,β-unsaturated/α-hetero) is 1. The van der Waals surface area contributed by atoms with Crippen molar-refractivity contribution in [3.8, 4) is 0 Å². The van der Waals surface area contributed by atoms with Gasteiger partial charge in [-0.15, -0.1) is 0 Å². The molecule has 4 rings (SSSR count). The molecule has 1 aliphatic heterocycles. The monoisotopic (exact) mass is 470 g/mol. The number of pyridine rings is 1. The SMILES string of the molecule is CCc1cc(Nc2cc(CC(=O)c3c(Cl)cccc3Cl)ccn2)nc(N2CCNCC2)n1. The summed E-state index contributed by atoms with van der Waals surface area (Å²) >= 11 is 12.4. The molecular formula is C23H24Cl2N6O. The zero-order valence-corrected chi connectivity index (χ0v) is 19.2. The van der Waals surface area contributed by atoms with Crippen LogP contribution in [-0.2, 0) is 12.8 Å². The number of hydrogen-bond donors (Lipinski definition) is 2. The first-order valence-electron chi connectivity index (χ1n) is 10.6. The molecular weight excluding hydrogens is 447 g/mol. The summed E-state index contributed by atoms with van der Waals surface area (Å²) in [7, 11) is 0. The molecule has 1 saturated heterocycles. The van der Waals surface area contributed by atoms with Gasteiger partial charge in [0.05, 0.1) is 15.6 Å². The number of aryl methyl sites for hydroxylation is 1. The van der Waals surface area contributed by atoms with E-state index in [1.807, 2.05) is 12.1 Å². The van der Waals surface area contributed by atoms with Crippen LogP contribution in [-0.4, -0.2) is 46.9 Å². The summed E-state index contributed by atoms with van der Waals surface area (Å²) in [6, 6.07) is 10.6. The molecule has 1 aromatic carbocycles. The van der Waals surface area contributed by atoms with Crippen LogP contribution in [0.2, 0.25) is 10.0 Å². The highest BCUT2D eigenvalue weighted by Crippen LogP contribution is 2.26. The van der Waals surface area contributed by atoms with Crippen molar-refractivity contribution in [2.45, 2.75) is 19.8 Å². The number of anilines is 3. The van der Waals surface area contributed by atoms with Gasteiger partial charge in [0.2, 0.25) is 5.95 Å². The average Bonchev–Trinajstić information content (AvgIpc) is 2.79. The first kappa shape index (κ1) is 22.5. The number of halogens is 2. The normalized spacial score (nSPS) is 13.8. The van der Waals surface area contributed by atoms with Crippen molar-refractivity contribution >= 4 is 46.6 Å². The van der Waals surface area contributed by atoms with Gasteiger partial charge in [-0.25, -0.2) is 9.97 Å². The lowest BCUT2D eigenvalue weighted by molar-refractivity contribution is 0.0993. The Bertz CT molecular complexity index is 1100. The minimum Gasteiger partial charge on any atom is -0.338 e. The first-order valence-corrected chi connectivity index (χ1v) is 11.3. The number of nitrogens with one attached hydrogen (secondary N) is 2. The van der Waals surface area contributed by atoms with Gasteiger partial charge in [-0.2, -0.15) is 4.98 Å². The predicted octanol–water partition coefficient (Wildman–Crippen LogP) is 4.32. The number of rotatable bonds is 7. The number of carbonyl (C=O) groups excluding carboxylic acids is 1. The van der Waals surface area contributed by atoms with Crippen LogP contribution in [0.3, 0.4) is 0 Å². The average molecular weight is 471 g/mol. The van der Waals surface area contributed by atoms with E-state index in [1.165, 1.54) is 0 Å². The molecule has 1 fully saturated rings. The summed E-state index contributed by atoms with van der Waals surface area (Å²) in [5, 5.41) is 7.31. The van der Waals surface area contributed by atoms with Crippen molar-refractivity contribution in [3.05, 3.63) is 69.5 Å². The third-order valence-electron chi connectivity index (χ3n) is 5.22. The van der Waals surface area contributed by atoms with Crippen LogP contribution in [0.5, 0.6) is 0 Å². The molecule has 0 amide bonds. The molecule has 0 saturated carbocycles. The highest BCUT2D eigenvalue weighted by atomic mass is 35.5. The Labute approximate surface area is 197 Å². The second-order valence-corrected chi connectivity index (χ2v) is 8.32. The van der Waals surface area contributed by atoms with Crippen LogP contribution >= 0.6 is 23.2 Å². The third-order valence-corrected chi connectivity index (χ3v) is 5.85. The zero-order chi connectivity index (χ0) is 22.5. The van der Waals surface area contributed by atoms with Gasteiger partial charge in [0.25, 0.3) is 0 Å². The largest absolute Gasteiger partial charge is 0.338 e. The molecule has 7 nitrogen and oxygen atoms in total. The van der Waals surface area contributed by atoms with Crippen LogP contribution in [0.4, 0.5) is 17.6 Å². The van der Waals surface area contributed by atoms with Gasteiger partial charge in [0, 0.05) is 50.6 Å². The fraction of sp³-hybridized carbons (Fsp3) is 0.304. The van der Waals surface area contributed by atoms with E-state index in [0.717, 1.165) is 43.9 Å². The zero-order valence-electron chi connectivity index (χ0n) is 17.7. The number of nitrogens with zero attached hydrogens (tertiary/aromatic N) is 4. The molecule has 0 unspecified atom stereocenters. The quantitative estimate of drug-likeness (QED) is 0.497. The molecule has 0 bridgehead atoms. The van der Waals surface area contributed by atoms with Crippen molar-refractivity contribution in [3.63, 3.8) is 0 Å². The van der Waals surface area contributed by atoms with E-state index >= 15 is 0 Å². The van der Waals surface area contributed by atoms with E-state index in [0.29, 0.717) is 33.2 Å². The topological polar surface area (TPSA) is 83.0 Å². The molecule has 3 heterocycles. The number of piperazine rings is 1. The lowest BCUT2D eigenvalue weighted by Crippen LogP contribution is -2.44.